The van der Waals surface area contributed by atoms with Gasteiger partial charge in [0, 0.05) is 16.3 Å². The highest BCUT2D eigenvalue weighted by Gasteiger charge is 2.34. The molecule has 1 N–H and O–H groups in total. The summed E-state index contributed by atoms with van der Waals surface area (Å²) in [5.74, 6) is 0. The molecule has 0 radical (unpaired) electrons. The summed E-state index contributed by atoms with van der Waals surface area (Å²) in [7, 11) is 0. The van der Waals surface area contributed by atoms with Crippen molar-refractivity contribution >= 4 is 22.7 Å². The van der Waals surface area contributed by atoms with Gasteiger partial charge in [-0.05, 0) is 41.8 Å². The summed E-state index contributed by atoms with van der Waals surface area (Å²) in [4.78, 5) is 2.96. The molecule has 1 nitrogen and oxygen atoms in total. The smallest absolute Gasteiger partial charge is 0.0766 e. The van der Waals surface area contributed by atoms with Crippen molar-refractivity contribution in [2.24, 2.45) is 0 Å². The molecule has 0 bridgehead atoms. The monoisotopic (exact) mass is 235 g/mol. The average molecular weight is 235 g/mol. The number of hydrogen-bond donors (Lipinski definition) is 1. The largest absolute Gasteiger partial charge is 0.303 e. The van der Waals surface area contributed by atoms with Crippen LogP contribution in [0.2, 0.25) is 0 Å². The summed E-state index contributed by atoms with van der Waals surface area (Å²) < 4.78 is 0. The lowest BCUT2D eigenvalue weighted by Gasteiger charge is -2.34. The van der Waals surface area contributed by atoms with Gasteiger partial charge in [0.2, 0.25) is 0 Å². The van der Waals surface area contributed by atoms with Gasteiger partial charge in [-0.15, -0.1) is 22.7 Å². The Balaban J connectivity index is 2.15. The van der Waals surface area contributed by atoms with E-state index in [2.05, 4.69) is 41.2 Å². The second-order valence-electron chi connectivity index (χ2n) is 4.04. The topological polar surface area (TPSA) is 12.0 Å². The van der Waals surface area contributed by atoms with Gasteiger partial charge in [-0.3, -0.25) is 0 Å². The molecule has 1 aliphatic rings. The first-order chi connectivity index (χ1) is 7.31. The summed E-state index contributed by atoms with van der Waals surface area (Å²) in [5.41, 5.74) is 1.52. The molecule has 3 rings (SSSR count). The van der Waals surface area contributed by atoms with Crippen LogP contribution in [0.1, 0.15) is 22.2 Å². The second kappa shape index (κ2) is 3.44. The van der Waals surface area contributed by atoms with Crippen LogP contribution in [0.4, 0.5) is 0 Å². The number of rotatable bonds is 1. The lowest BCUT2D eigenvalue weighted by Crippen LogP contribution is -2.44. The number of nitrogens with one attached hydrogen (secondary N) is 1. The van der Waals surface area contributed by atoms with Crippen molar-refractivity contribution in [3.05, 3.63) is 44.3 Å². The van der Waals surface area contributed by atoms with E-state index in [1.807, 2.05) is 22.7 Å². The Morgan fingerprint density at radius 3 is 3.00 bits per heavy atom. The van der Waals surface area contributed by atoms with Crippen molar-refractivity contribution in [3.8, 4) is 0 Å². The van der Waals surface area contributed by atoms with Crippen LogP contribution in [0.5, 0.6) is 0 Å². The molecule has 2 aromatic heterocycles. The predicted molar refractivity (Wildman–Crippen MR) is 66.8 cm³/mol. The molecule has 0 unspecified atom stereocenters. The van der Waals surface area contributed by atoms with Gasteiger partial charge in [0.25, 0.3) is 0 Å². The Labute approximate surface area is 97.8 Å². The molecule has 3 heterocycles. The van der Waals surface area contributed by atoms with Crippen molar-refractivity contribution in [3.63, 3.8) is 0 Å². The molecular formula is C12H13NS2. The molecule has 0 aromatic carbocycles. The Morgan fingerprint density at radius 1 is 1.27 bits per heavy atom. The first kappa shape index (κ1) is 9.58. The Hall–Kier alpha value is -0.640. The van der Waals surface area contributed by atoms with Crippen LogP contribution >= 0.6 is 22.7 Å². The van der Waals surface area contributed by atoms with Crippen molar-refractivity contribution in [1.29, 1.82) is 0 Å². The average Bonchev–Trinajstić information content (AvgIpc) is 2.89. The van der Waals surface area contributed by atoms with Crippen molar-refractivity contribution < 1.29 is 0 Å². The molecule has 78 valence electrons. The third kappa shape index (κ3) is 1.38. The van der Waals surface area contributed by atoms with E-state index in [1.54, 1.807) is 4.88 Å². The molecule has 0 saturated heterocycles. The van der Waals surface area contributed by atoms with Gasteiger partial charge in [0.05, 0.1) is 5.54 Å². The zero-order valence-electron chi connectivity index (χ0n) is 8.62. The van der Waals surface area contributed by atoms with Gasteiger partial charge in [-0.2, -0.15) is 0 Å². The van der Waals surface area contributed by atoms with Crippen LogP contribution in [0.3, 0.4) is 0 Å². The summed E-state index contributed by atoms with van der Waals surface area (Å²) in [6.45, 7) is 3.38. The quantitative estimate of drug-likeness (QED) is 0.800. The van der Waals surface area contributed by atoms with E-state index in [0.717, 1.165) is 6.54 Å². The number of fused-ring (bicyclic) bond motifs is 1. The third-order valence-electron chi connectivity index (χ3n) is 3.13. The molecule has 0 saturated carbocycles. The van der Waals surface area contributed by atoms with E-state index < -0.39 is 0 Å². The minimum absolute atomic E-state index is 0.0434. The van der Waals surface area contributed by atoms with Crippen LogP contribution in [-0.2, 0) is 12.0 Å². The summed E-state index contributed by atoms with van der Waals surface area (Å²) >= 11 is 3.73. The normalized spacial score (nSPS) is 25.1. The maximum absolute atomic E-state index is 3.66. The molecule has 0 aliphatic carbocycles. The summed E-state index contributed by atoms with van der Waals surface area (Å²) in [5, 5.41) is 8.02. The fourth-order valence-electron chi connectivity index (χ4n) is 2.28. The zero-order valence-corrected chi connectivity index (χ0v) is 10.3. The molecule has 15 heavy (non-hydrogen) atoms. The molecule has 0 amide bonds. The van der Waals surface area contributed by atoms with E-state index in [4.69, 9.17) is 0 Å². The molecule has 2 aromatic rings. The molecule has 3 heteroatoms. The van der Waals surface area contributed by atoms with Gasteiger partial charge in [-0.1, -0.05) is 6.07 Å². The van der Waals surface area contributed by atoms with Gasteiger partial charge in [0.15, 0.2) is 0 Å². The molecule has 1 aliphatic heterocycles. The van der Waals surface area contributed by atoms with Crippen LogP contribution in [0.15, 0.2) is 29.0 Å². The number of thiophene rings is 2. The zero-order chi connectivity index (χ0) is 10.3. The van der Waals surface area contributed by atoms with E-state index in [1.165, 1.54) is 16.9 Å². The standard InChI is InChI=1S/C12H13NS2/c1-12(11-3-2-7-15-11)9-5-8-14-10(9)4-6-13-12/h2-3,5,7-8,13H,4,6H2,1H3/t12-/m1/s1. The maximum Gasteiger partial charge on any atom is 0.0766 e. The van der Waals surface area contributed by atoms with E-state index in [0.29, 0.717) is 0 Å². The molecule has 1 atom stereocenters. The van der Waals surface area contributed by atoms with Crippen LogP contribution in [0, 0.1) is 0 Å². The highest BCUT2D eigenvalue weighted by molar-refractivity contribution is 7.10. The third-order valence-corrected chi connectivity index (χ3v) is 5.20. The van der Waals surface area contributed by atoms with Gasteiger partial charge < -0.3 is 5.32 Å². The lowest BCUT2D eigenvalue weighted by atomic mass is 9.87. The highest BCUT2D eigenvalue weighted by atomic mass is 32.1. The molecule has 0 spiro atoms. The van der Waals surface area contributed by atoms with Gasteiger partial charge in [0.1, 0.15) is 0 Å². The fourth-order valence-corrected chi connectivity index (χ4v) is 4.15. The van der Waals surface area contributed by atoms with E-state index in [9.17, 15) is 0 Å². The SMILES string of the molecule is C[C@@]1(c2cccs2)NCCc2sccc21. The fraction of sp³-hybridized carbons (Fsp3) is 0.333. The minimum atomic E-state index is 0.0434. The van der Waals surface area contributed by atoms with Crippen molar-refractivity contribution in [2.75, 3.05) is 6.54 Å². The van der Waals surface area contributed by atoms with Crippen molar-refractivity contribution in [1.82, 2.24) is 5.32 Å². The van der Waals surface area contributed by atoms with Crippen LogP contribution < -0.4 is 5.32 Å². The first-order valence-electron chi connectivity index (χ1n) is 5.16. The summed E-state index contributed by atoms with van der Waals surface area (Å²) in [6.07, 6.45) is 1.17. The maximum atomic E-state index is 3.66. The second-order valence-corrected chi connectivity index (χ2v) is 5.98. The van der Waals surface area contributed by atoms with Crippen LogP contribution in [0.25, 0.3) is 0 Å². The molecular weight excluding hydrogens is 222 g/mol. The summed E-state index contributed by atoms with van der Waals surface area (Å²) in [6, 6.07) is 6.63. The van der Waals surface area contributed by atoms with E-state index in [-0.39, 0.29) is 5.54 Å². The Kier molecular flexibility index (Phi) is 2.20. The highest BCUT2D eigenvalue weighted by Crippen LogP contribution is 2.38. The van der Waals surface area contributed by atoms with Gasteiger partial charge in [-0.25, -0.2) is 0 Å². The Bertz CT molecular complexity index is 458. The number of hydrogen-bond acceptors (Lipinski definition) is 3. The minimum Gasteiger partial charge on any atom is -0.303 e. The first-order valence-corrected chi connectivity index (χ1v) is 6.92. The van der Waals surface area contributed by atoms with E-state index >= 15 is 0 Å². The van der Waals surface area contributed by atoms with Crippen molar-refractivity contribution in [2.45, 2.75) is 18.9 Å². The lowest BCUT2D eigenvalue weighted by molar-refractivity contribution is 0.426. The van der Waals surface area contributed by atoms with Gasteiger partial charge >= 0.3 is 0 Å². The van der Waals surface area contributed by atoms with Crippen LogP contribution in [-0.4, -0.2) is 6.54 Å². The Morgan fingerprint density at radius 2 is 2.20 bits per heavy atom. The predicted octanol–water partition coefficient (Wildman–Crippen LogP) is 3.22. The molecule has 0 fully saturated rings.